The van der Waals surface area contributed by atoms with Crippen molar-refractivity contribution in [3.8, 4) is 5.75 Å². The highest BCUT2D eigenvalue weighted by Gasteiger charge is 2.26. The van der Waals surface area contributed by atoms with E-state index in [1.54, 1.807) is 20.9 Å². The number of hydrogen-bond donors (Lipinski definition) is 1. The van der Waals surface area contributed by atoms with Crippen LogP contribution in [0, 0.1) is 11.6 Å². The summed E-state index contributed by atoms with van der Waals surface area (Å²) in [5.74, 6) is -1.03. The number of hydrogen-bond acceptors (Lipinski definition) is 2. The Bertz CT molecular complexity index is 341. The molecule has 1 aromatic carbocycles. The second kappa shape index (κ2) is 4.14. The van der Waals surface area contributed by atoms with Crippen molar-refractivity contribution in [3.05, 3.63) is 29.3 Å². The quantitative estimate of drug-likeness (QED) is 0.836. The van der Waals surface area contributed by atoms with Crippen LogP contribution in [0.5, 0.6) is 5.75 Å². The van der Waals surface area contributed by atoms with Crippen molar-refractivity contribution in [1.82, 2.24) is 5.32 Å². The van der Waals surface area contributed by atoms with Gasteiger partial charge in [0.25, 0.3) is 0 Å². The molecule has 4 heteroatoms. The van der Waals surface area contributed by atoms with E-state index < -0.39 is 17.2 Å². The SMILES string of the molecule is CNC(C)(C)c1c(F)cc(OC)cc1F. The van der Waals surface area contributed by atoms with Gasteiger partial charge in [-0.05, 0) is 20.9 Å². The lowest BCUT2D eigenvalue weighted by Gasteiger charge is -2.25. The number of benzene rings is 1. The highest BCUT2D eigenvalue weighted by Crippen LogP contribution is 2.28. The summed E-state index contributed by atoms with van der Waals surface area (Å²) in [6, 6.07) is 2.36. The standard InChI is InChI=1S/C11H15F2NO/c1-11(2,14-3)10-8(12)5-7(15-4)6-9(10)13/h5-6,14H,1-4H3. The summed E-state index contributed by atoms with van der Waals surface area (Å²) >= 11 is 0. The summed E-state index contributed by atoms with van der Waals surface area (Å²) in [5, 5.41) is 2.86. The molecule has 0 bridgehead atoms. The lowest BCUT2D eigenvalue weighted by Crippen LogP contribution is -2.35. The molecule has 1 N–H and O–H groups in total. The Balaban J connectivity index is 3.31. The van der Waals surface area contributed by atoms with Gasteiger partial charge in [0, 0.05) is 23.2 Å². The smallest absolute Gasteiger partial charge is 0.134 e. The van der Waals surface area contributed by atoms with Gasteiger partial charge in [0.15, 0.2) is 0 Å². The van der Waals surface area contributed by atoms with Crippen LogP contribution >= 0.6 is 0 Å². The Morgan fingerprint density at radius 2 is 1.67 bits per heavy atom. The second-order valence-corrected chi connectivity index (χ2v) is 3.84. The molecule has 84 valence electrons. The Kier molecular flexibility index (Phi) is 3.29. The second-order valence-electron chi connectivity index (χ2n) is 3.84. The first kappa shape index (κ1) is 11.9. The van der Waals surface area contributed by atoms with Crippen LogP contribution in [0.1, 0.15) is 19.4 Å². The summed E-state index contributed by atoms with van der Waals surface area (Å²) in [5.41, 5.74) is -0.730. The van der Waals surface area contributed by atoms with E-state index in [1.807, 2.05) is 0 Å². The topological polar surface area (TPSA) is 21.3 Å². The van der Waals surface area contributed by atoms with Crippen molar-refractivity contribution in [3.63, 3.8) is 0 Å². The molecule has 0 unspecified atom stereocenters. The molecule has 0 aliphatic heterocycles. The predicted molar refractivity (Wildman–Crippen MR) is 55.0 cm³/mol. The summed E-state index contributed by atoms with van der Waals surface area (Å²) in [6.07, 6.45) is 0. The molecule has 2 nitrogen and oxygen atoms in total. The van der Waals surface area contributed by atoms with Crippen molar-refractivity contribution in [1.29, 1.82) is 0 Å². The minimum Gasteiger partial charge on any atom is -0.497 e. The van der Waals surface area contributed by atoms with Crippen LogP contribution < -0.4 is 10.1 Å². The normalized spacial score (nSPS) is 11.6. The van der Waals surface area contributed by atoms with E-state index in [4.69, 9.17) is 4.74 Å². The summed E-state index contributed by atoms with van der Waals surface area (Å²) < 4.78 is 32.0. The molecule has 0 heterocycles. The van der Waals surface area contributed by atoms with Gasteiger partial charge >= 0.3 is 0 Å². The average molecular weight is 215 g/mol. The molecule has 1 aromatic rings. The van der Waals surface area contributed by atoms with Crippen LogP contribution in [0.15, 0.2) is 12.1 Å². The molecule has 0 aliphatic rings. The zero-order chi connectivity index (χ0) is 11.6. The van der Waals surface area contributed by atoms with Gasteiger partial charge in [-0.2, -0.15) is 0 Å². The van der Waals surface area contributed by atoms with Gasteiger partial charge in [0.05, 0.1) is 7.11 Å². The van der Waals surface area contributed by atoms with Crippen LogP contribution in [0.4, 0.5) is 8.78 Å². The van der Waals surface area contributed by atoms with E-state index in [-0.39, 0.29) is 11.3 Å². The summed E-state index contributed by atoms with van der Waals surface area (Å²) in [7, 11) is 3.03. The lowest BCUT2D eigenvalue weighted by molar-refractivity contribution is 0.377. The fourth-order valence-corrected chi connectivity index (χ4v) is 1.39. The molecule has 0 fully saturated rings. The molecule has 0 saturated heterocycles. The molecule has 0 spiro atoms. The minimum absolute atomic E-state index is 0.0193. The van der Waals surface area contributed by atoms with Gasteiger partial charge in [-0.1, -0.05) is 0 Å². The van der Waals surface area contributed by atoms with E-state index in [1.165, 1.54) is 19.2 Å². The fraction of sp³-hybridized carbons (Fsp3) is 0.455. The van der Waals surface area contributed by atoms with Crippen molar-refractivity contribution < 1.29 is 13.5 Å². The number of nitrogens with one attached hydrogen (secondary N) is 1. The van der Waals surface area contributed by atoms with Crippen molar-refractivity contribution >= 4 is 0 Å². The Morgan fingerprint density at radius 3 is 2.00 bits per heavy atom. The Morgan fingerprint density at radius 1 is 1.20 bits per heavy atom. The third-order valence-corrected chi connectivity index (χ3v) is 2.50. The van der Waals surface area contributed by atoms with Gasteiger partial charge < -0.3 is 10.1 Å². The van der Waals surface area contributed by atoms with E-state index in [2.05, 4.69) is 5.32 Å². The number of methoxy groups -OCH3 is 1. The Hall–Kier alpha value is -1.16. The number of ether oxygens (including phenoxy) is 1. The van der Waals surface area contributed by atoms with Gasteiger partial charge in [-0.25, -0.2) is 8.78 Å². The zero-order valence-corrected chi connectivity index (χ0v) is 9.32. The third kappa shape index (κ3) is 2.26. The maximum absolute atomic E-state index is 13.6. The number of halogens is 2. The molecule has 0 atom stereocenters. The highest BCUT2D eigenvalue weighted by atomic mass is 19.1. The fourth-order valence-electron chi connectivity index (χ4n) is 1.39. The maximum Gasteiger partial charge on any atom is 0.134 e. The predicted octanol–water partition coefficient (Wildman–Crippen LogP) is 2.43. The molecule has 0 aromatic heterocycles. The zero-order valence-electron chi connectivity index (χ0n) is 9.32. The Labute approximate surface area is 88.3 Å². The lowest BCUT2D eigenvalue weighted by atomic mass is 9.93. The third-order valence-electron chi connectivity index (χ3n) is 2.50. The van der Waals surface area contributed by atoms with Crippen LogP contribution in [-0.2, 0) is 5.54 Å². The maximum atomic E-state index is 13.6. The minimum atomic E-state index is -0.750. The molecular weight excluding hydrogens is 200 g/mol. The van der Waals surface area contributed by atoms with E-state index in [0.717, 1.165) is 0 Å². The van der Waals surface area contributed by atoms with E-state index >= 15 is 0 Å². The summed E-state index contributed by atoms with van der Waals surface area (Å²) in [6.45, 7) is 3.42. The van der Waals surface area contributed by atoms with E-state index in [0.29, 0.717) is 0 Å². The first-order valence-electron chi connectivity index (χ1n) is 4.65. The van der Waals surface area contributed by atoms with Gasteiger partial charge in [0.2, 0.25) is 0 Å². The molecule has 0 amide bonds. The van der Waals surface area contributed by atoms with Gasteiger partial charge in [-0.15, -0.1) is 0 Å². The van der Waals surface area contributed by atoms with Gasteiger partial charge in [0.1, 0.15) is 17.4 Å². The monoisotopic (exact) mass is 215 g/mol. The van der Waals surface area contributed by atoms with Crippen LogP contribution in [0.3, 0.4) is 0 Å². The molecule has 1 rings (SSSR count). The highest BCUT2D eigenvalue weighted by molar-refractivity contribution is 5.34. The van der Waals surface area contributed by atoms with Gasteiger partial charge in [-0.3, -0.25) is 0 Å². The van der Waals surface area contributed by atoms with Crippen molar-refractivity contribution in [2.24, 2.45) is 0 Å². The first-order chi connectivity index (χ1) is 6.92. The van der Waals surface area contributed by atoms with E-state index in [9.17, 15) is 8.78 Å². The van der Waals surface area contributed by atoms with Crippen molar-refractivity contribution in [2.75, 3.05) is 14.2 Å². The molecule has 0 aliphatic carbocycles. The van der Waals surface area contributed by atoms with Crippen molar-refractivity contribution in [2.45, 2.75) is 19.4 Å². The molecule has 0 radical (unpaired) electrons. The van der Waals surface area contributed by atoms with Crippen LogP contribution in [0.2, 0.25) is 0 Å². The largest absolute Gasteiger partial charge is 0.497 e. The average Bonchev–Trinajstić information content (AvgIpc) is 2.16. The molecular formula is C11H15F2NO. The molecule has 15 heavy (non-hydrogen) atoms. The van der Waals surface area contributed by atoms with Crippen LogP contribution in [0.25, 0.3) is 0 Å². The van der Waals surface area contributed by atoms with Crippen LogP contribution in [-0.4, -0.2) is 14.2 Å². The molecule has 0 saturated carbocycles. The number of rotatable bonds is 3. The summed E-state index contributed by atoms with van der Waals surface area (Å²) in [4.78, 5) is 0. The first-order valence-corrected chi connectivity index (χ1v) is 4.65.